The Kier molecular flexibility index (Phi) is 5.76. The summed E-state index contributed by atoms with van der Waals surface area (Å²) >= 11 is 0. The molecule has 0 atom stereocenters. The summed E-state index contributed by atoms with van der Waals surface area (Å²) in [6, 6.07) is 2.04. The van der Waals surface area contributed by atoms with Crippen molar-refractivity contribution in [3.63, 3.8) is 0 Å². The van der Waals surface area contributed by atoms with Gasteiger partial charge < -0.3 is 15.4 Å². The predicted molar refractivity (Wildman–Crippen MR) is 122 cm³/mol. The van der Waals surface area contributed by atoms with E-state index in [1.165, 1.54) is 29.5 Å². The molecule has 0 bridgehead atoms. The average molecular weight is 515 g/mol. The smallest absolute Gasteiger partial charge is 0.400 e. The summed E-state index contributed by atoms with van der Waals surface area (Å²) in [6.07, 6.45) is 0.437. The fourth-order valence-corrected chi connectivity index (χ4v) is 4.03. The van der Waals surface area contributed by atoms with Crippen LogP contribution in [0, 0.1) is 6.92 Å². The second-order valence-electron chi connectivity index (χ2n) is 8.38. The van der Waals surface area contributed by atoms with Crippen LogP contribution in [0.25, 0.3) is 11.5 Å². The van der Waals surface area contributed by atoms with Gasteiger partial charge in [-0.2, -0.15) is 28.5 Å². The number of amides is 2. The fourth-order valence-electron chi connectivity index (χ4n) is 4.03. The minimum absolute atomic E-state index is 0.0159. The lowest BCUT2D eigenvalue weighted by atomic mass is 10.00. The maximum atomic E-state index is 14.2. The van der Waals surface area contributed by atoms with Crippen LogP contribution in [0.3, 0.4) is 0 Å². The van der Waals surface area contributed by atoms with E-state index in [-0.39, 0.29) is 42.2 Å². The number of pyridine rings is 1. The third kappa shape index (κ3) is 4.32. The molecular formula is C22H20F3N9O3. The molecule has 1 aliphatic rings. The molecule has 1 fully saturated rings. The summed E-state index contributed by atoms with van der Waals surface area (Å²) < 4.78 is 48.3. The van der Waals surface area contributed by atoms with Crippen molar-refractivity contribution in [2.75, 3.05) is 17.2 Å². The molecule has 1 aliphatic carbocycles. The van der Waals surface area contributed by atoms with Crippen LogP contribution in [-0.2, 0) is 10.2 Å². The summed E-state index contributed by atoms with van der Waals surface area (Å²) in [5.74, 6) is -0.343. The van der Waals surface area contributed by atoms with E-state index >= 15 is 0 Å². The van der Waals surface area contributed by atoms with E-state index in [0.29, 0.717) is 17.1 Å². The Labute approximate surface area is 206 Å². The molecule has 0 radical (unpaired) electrons. The molecule has 12 nitrogen and oxygen atoms in total. The van der Waals surface area contributed by atoms with E-state index in [9.17, 15) is 22.8 Å². The highest BCUT2D eigenvalue weighted by atomic mass is 19.4. The number of urea groups is 1. The van der Waals surface area contributed by atoms with Gasteiger partial charge in [0.15, 0.2) is 17.2 Å². The molecular weight excluding hydrogens is 495 g/mol. The van der Waals surface area contributed by atoms with Gasteiger partial charge in [0.05, 0.1) is 48.5 Å². The monoisotopic (exact) mass is 515 g/mol. The van der Waals surface area contributed by atoms with Crippen LogP contribution >= 0.6 is 0 Å². The molecule has 2 N–H and O–H groups in total. The zero-order valence-electron chi connectivity index (χ0n) is 19.6. The Hall–Kier alpha value is -4.56. The summed E-state index contributed by atoms with van der Waals surface area (Å²) in [5, 5.41) is 17.0. The molecule has 5 rings (SSSR count). The van der Waals surface area contributed by atoms with Crippen molar-refractivity contribution in [2.45, 2.75) is 38.3 Å². The van der Waals surface area contributed by atoms with Crippen LogP contribution in [0.5, 0.6) is 0 Å². The fraction of sp³-hybridized carbons (Fsp3) is 0.318. The van der Waals surface area contributed by atoms with Gasteiger partial charge in [0.2, 0.25) is 0 Å². The topological polar surface area (TPSA) is 141 Å². The van der Waals surface area contributed by atoms with Crippen LogP contribution in [0.1, 0.15) is 41.5 Å². The van der Waals surface area contributed by atoms with E-state index in [1.807, 2.05) is 0 Å². The first-order chi connectivity index (χ1) is 17.6. The summed E-state index contributed by atoms with van der Waals surface area (Å²) in [6.45, 7) is 3.41. The van der Waals surface area contributed by atoms with Gasteiger partial charge in [-0.25, -0.2) is 24.1 Å². The first kappa shape index (κ1) is 24.1. The molecule has 4 heterocycles. The standard InChI is InChI=1S/C22H20F3N9O3/c1-3-37-19(35)14-9-16-26-11-15(17(33(16)32-14)21(4-5-21)22(23,24)25)31-20(36)30-13-8-12(2)18(27-10-13)34-28-6-7-29-34/h6-11H,3-5H2,1-2H3,(H2,30,31,36). The molecule has 4 aromatic rings. The minimum Gasteiger partial charge on any atom is -0.461 e. The number of nitrogens with one attached hydrogen (secondary N) is 2. The number of carbonyl (C=O) groups is 2. The van der Waals surface area contributed by atoms with E-state index in [0.717, 1.165) is 10.7 Å². The molecule has 192 valence electrons. The molecule has 0 saturated heterocycles. The van der Waals surface area contributed by atoms with Gasteiger partial charge in [0.25, 0.3) is 0 Å². The Morgan fingerprint density at radius 1 is 1.11 bits per heavy atom. The van der Waals surface area contributed by atoms with Crippen molar-refractivity contribution in [1.82, 2.24) is 34.6 Å². The highest BCUT2D eigenvalue weighted by Crippen LogP contribution is 2.60. The highest BCUT2D eigenvalue weighted by molar-refractivity contribution is 6.00. The summed E-state index contributed by atoms with van der Waals surface area (Å²) in [5.41, 5.74) is -1.99. The van der Waals surface area contributed by atoms with Gasteiger partial charge >= 0.3 is 18.2 Å². The number of ether oxygens (including phenoxy) is 1. The zero-order valence-corrected chi connectivity index (χ0v) is 19.6. The second kappa shape index (κ2) is 8.83. The number of fused-ring (bicyclic) bond motifs is 1. The summed E-state index contributed by atoms with van der Waals surface area (Å²) in [7, 11) is 0. The van der Waals surface area contributed by atoms with Gasteiger partial charge in [-0.1, -0.05) is 0 Å². The summed E-state index contributed by atoms with van der Waals surface area (Å²) in [4.78, 5) is 34.6. The predicted octanol–water partition coefficient (Wildman–Crippen LogP) is 3.43. The van der Waals surface area contributed by atoms with Crippen molar-refractivity contribution in [3.05, 3.63) is 53.9 Å². The number of esters is 1. The van der Waals surface area contributed by atoms with E-state index in [2.05, 4.69) is 35.9 Å². The molecule has 0 spiro atoms. The number of rotatable bonds is 6. The van der Waals surface area contributed by atoms with Crippen molar-refractivity contribution < 1.29 is 27.5 Å². The Balaban J connectivity index is 1.47. The number of carbonyl (C=O) groups excluding carboxylic acids is 2. The number of halogens is 3. The number of alkyl halides is 3. The first-order valence-electron chi connectivity index (χ1n) is 11.2. The van der Waals surface area contributed by atoms with E-state index < -0.39 is 23.6 Å². The highest BCUT2D eigenvalue weighted by Gasteiger charge is 2.66. The lowest BCUT2D eigenvalue weighted by molar-refractivity contribution is -0.161. The first-order valence-corrected chi connectivity index (χ1v) is 11.2. The normalized spacial score (nSPS) is 14.4. The number of anilines is 2. The molecule has 37 heavy (non-hydrogen) atoms. The van der Waals surface area contributed by atoms with Crippen molar-refractivity contribution in [1.29, 1.82) is 0 Å². The molecule has 0 aliphatic heterocycles. The van der Waals surface area contributed by atoms with Crippen LogP contribution < -0.4 is 10.6 Å². The lowest BCUT2D eigenvalue weighted by Gasteiger charge is -2.23. The Morgan fingerprint density at radius 3 is 2.46 bits per heavy atom. The molecule has 0 unspecified atom stereocenters. The Morgan fingerprint density at radius 2 is 1.84 bits per heavy atom. The van der Waals surface area contributed by atoms with Gasteiger partial charge in [-0.15, -0.1) is 4.80 Å². The number of hydrogen-bond acceptors (Lipinski definition) is 8. The lowest BCUT2D eigenvalue weighted by Crippen LogP contribution is -2.33. The maximum Gasteiger partial charge on any atom is 0.400 e. The molecule has 4 aromatic heterocycles. The van der Waals surface area contributed by atoms with Gasteiger partial charge in [-0.05, 0) is 38.3 Å². The maximum absolute atomic E-state index is 14.2. The third-order valence-corrected chi connectivity index (χ3v) is 5.88. The van der Waals surface area contributed by atoms with Crippen molar-refractivity contribution in [3.8, 4) is 5.82 Å². The third-order valence-electron chi connectivity index (χ3n) is 5.88. The zero-order chi connectivity index (χ0) is 26.4. The number of aromatic nitrogens is 7. The van der Waals surface area contributed by atoms with Crippen molar-refractivity contribution >= 4 is 29.0 Å². The number of aryl methyl sites for hydroxylation is 1. The van der Waals surface area contributed by atoms with Crippen LogP contribution in [-0.4, -0.2) is 59.4 Å². The number of hydrogen-bond donors (Lipinski definition) is 2. The van der Waals surface area contributed by atoms with Crippen LogP contribution in [0.4, 0.5) is 29.3 Å². The Bertz CT molecular complexity index is 1490. The van der Waals surface area contributed by atoms with E-state index in [1.54, 1.807) is 19.9 Å². The molecule has 2 amide bonds. The molecule has 15 heteroatoms. The second-order valence-corrected chi connectivity index (χ2v) is 8.38. The quantitative estimate of drug-likeness (QED) is 0.372. The largest absolute Gasteiger partial charge is 0.461 e. The van der Waals surface area contributed by atoms with Gasteiger partial charge in [0.1, 0.15) is 5.41 Å². The minimum atomic E-state index is -4.62. The SMILES string of the molecule is CCOC(=O)c1cc2ncc(NC(=O)Nc3cnc(-n4nccn4)c(C)c3)c(C3(C(F)(F)F)CC3)n2n1. The molecule has 0 aromatic carbocycles. The van der Waals surface area contributed by atoms with Crippen LogP contribution in [0.15, 0.2) is 36.9 Å². The van der Waals surface area contributed by atoms with Crippen LogP contribution in [0.2, 0.25) is 0 Å². The average Bonchev–Trinajstić information content (AvgIpc) is 3.26. The van der Waals surface area contributed by atoms with Gasteiger partial charge in [-0.3, -0.25) is 0 Å². The van der Waals surface area contributed by atoms with Crippen molar-refractivity contribution in [2.24, 2.45) is 0 Å². The number of nitrogens with zero attached hydrogens (tertiary/aromatic N) is 7. The van der Waals surface area contributed by atoms with E-state index in [4.69, 9.17) is 4.74 Å². The van der Waals surface area contributed by atoms with Gasteiger partial charge in [0, 0.05) is 6.07 Å². The molecule has 1 saturated carbocycles.